The van der Waals surface area contributed by atoms with E-state index >= 15 is 0 Å². The largest absolute Gasteiger partial charge is 0.440 e. The molecule has 0 aromatic carbocycles. The average molecular weight is 229 g/mol. The number of likely N-dealkylation sites (tertiary alicyclic amines) is 1. The van der Waals surface area contributed by atoms with Gasteiger partial charge in [-0.15, -0.1) is 0 Å². The van der Waals surface area contributed by atoms with Gasteiger partial charge in [0.2, 0.25) is 0 Å². The van der Waals surface area contributed by atoms with Gasteiger partial charge in [0.05, 0.1) is 25.3 Å². The van der Waals surface area contributed by atoms with Crippen LogP contribution in [0.3, 0.4) is 0 Å². The maximum absolute atomic E-state index is 11.7. The molecule has 8 heteroatoms. The Labute approximate surface area is 83.0 Å². The van der Waals surface area contributed by atoms with Gasteiger partial charge in [0.15, 0.2) is 6.61 Å². The predicted octanol–water partition coefficient (Wildman–Crippen LogP) is -0.277. The molecule has 0 aromatic heterocycles. The van der Waals surface area contributed by atoms with E-state index in [2.05, 4.69) is 4.74 Å². The number of alkyl halides is 3. The fraction of sp³-hybridized carbons (Fsp3) is 0.857. The van der Waals surface area contributed by atoms with E-state index in [1.165, 1.54) is 0 Å². The lowest BCUT2D eigenvalue weighted by Gasteiger charge is -2.15. The molecule has 5 nitrogen and oxygen atoms in total. The molecule has 1 aliphatic heterocycles. The van der Waals surface area contributed by atoms with Crippen LogP contribution in [0.15, 0.2) is 0 Å². The van der Waals surface area contributed by atoms with E-state index in [1.54, 1.807) is 0 Å². The third-order valence-corrected chi connectivity index (χ3v) is 1.88. The molecule has 0 saturated carbocycles. The van der Waals surface area contributed by atoms with E-state index in [1.807, 2.05) is 0 Å². The van der Waals surface area contributed by atoms with Crippen LogP contribution < -0.4 is 0 Å². The quantitative estimate of drug-likeness (QED) is 0.649. The summed E-state index contributed by atoms with van der Waals surface area (Å²) in [6.45, 7) is -2.12. The first-order valence-corrected chi connectivity index (χ1v) is 4.14. The zero-order chi connectivity index (χ0) is 11.6. The minimum atomic E-state index is -4.58. The lowest BCUT2D eigenvalue weighted by atomic mass is 10.3. The van der Waals surface area contributed by atoms with Crippen molar-refractivity contribution in [3.63, 3.8) is 0 Å². The first kappa shape index (κ1) is 12.1. The number of aliphatic hydroxyl groups excluding tert-OH is 2. The molecule has 15 heavy (non-hydrogen) atoms. The van der Waals surface area contributed by atoms with Crippen LogP contribution >= 0.6 is 0 Å². The second kappa shape index (κ2) is 4.23. The molecule has 88 valence electrons. The number of ether oxygens (including phenoxy) is 1. The van der Waals surface area contributed by atoms with E-state index in [-0.39, 0.29) is 13.1 Å². The Morgan fingerprint density at radius 3 is 2.20 bits per heavy atom. The number of carbonyl (C=O) groups is 1. The van der Waals surface area contributed by atoms with Crippen LogP contribution in [0.1, 0.15) is 0 Å². The summed E-state index contributed by atoms with van der Waals surface area (Å²) in [6, 6.07) is 0. The van der Waals surface area contributed by atoms with Gasteiger partial charge in [0, 0.05) is 0 Å². The van der Waals surface area contributed by atoms with E-state index in [0.717, 1.165) is 4.90 Å². The number of hydrogen-bond acceptors (Lipinski definition) is 4. The molecule has 0 bridgehead atoms. The normalized spacial score (nSPS) is 26.9. The number of rotatable bonds is 1. The van der Waals surface area contributed by atoms with Crippen molar-refractivity contribution in [3.8, 4) is 0 Å². The van der Waals surface area contributed by atoms with Gasteiger partial charge >= 0.3 is 12.3 Å². The molecule has 1 heterocycles. The number of hydrogen-bond donors (Lipinski definition) is 2. The van der Waals surface area contributed by atoms with Gasteiger partial charge in [-0.05, 0) is 0 Å². The van der Waals surface area contributed by atoms with Gasteiger partial charge in [-0.25, -0.2) is 4.79 Å². The number of amides is 1. The fourth-order valence-electron chi connectivity index (χ4n) is 1.15. The Bertz CT molecular complexity index is 235. The molecule has 2 atom stereocenters. The summed E-state index contributed by atoms with van der Waals surface area (Å²) in [6.07, 6.45) is -8.04. The van der Waals surface area contributed by atoms with Gasteiger partial charge in [-0.3, -0.25) is 0 Å². The fourth-order valence-corrected chi connectivity index (χ4v) is 1.15. The maximum atomic E-state index is 11.7. The van der Waals surface area contributed by atoms with Crippen molar-refractivity contribution in [2.75, 3.05) is 19.7 Å². The summed E-state index contributed by atoms with van der Waals surface area (Å²) in [4.78, 5) is 11.8. The number of nitrogens with zero attached hydrogens (tertiary/aromatic N) is 1. The number of β-amino-alcohol motifs (C(OH)–C–C–N with tert-alkyl or cyclic N) is 2. The molecule has 0 aliphatic carbocycles. The van der Waals surface area contributed by atoms with Crippen LogP contribution in [0, 0.1) is 0 Å². The number of carbonyl (C=O) groups excluding carboxylic acids is 1. The summed E-state index contributed by atoms with van der Waals surface area (Å²) in [5.74, 6) is 0. The molecule has 1 saturated heterocycles. The molecule has 1 rings (SSSR count). The van der Waals surface area contributed by atoms with Crippen LogP contribution in [-0.4, -0.2) is 59.3 Å². The molecular weight excluding hydrogens is 219 g/mol. The van der Waals surface area contributed by atoms with E-state index < -0.39 is 31.1 Å². The van der Waals surface area contributed by atoms with Gasteiger partial charge in [-0.1, -0.05) is 0 Å². The highest BCUT2D eigenvalue weighted by atomic mass is 19.4. The topological polar surface area (TPSA) is 70.0 Å². The predicted molar refractivity (Wildman–Crippen MR) is 41.0 cm³/mol. The van der Waals surface area contributed by atoms with E-state index in [4.69, 9.17) is 10.2 Å². The number of aliphatic hydroxyl groups is 2. The Morgan fingerprint density at radius 2 is 1.80 bits per heavy atom. The molecule has 2 N–H and O–H groups in total. The lowest BCUT2D eigenvalue weighted by Crippen LogP contribution is -2.33. The lowest BCUT2D eigenvalue weighted by molar-refractivity contribution is -0.162. The second-order valence-electron chi connectivity index (χ2n) is 3.21. The van der Waals surface area contributed by atoms with Crippen molar-refractivity contribution in [1.82, 2.24) is 4.90 Å². The van der Waals surface area contributed by atoms with Crippen LogP contribution in [0.4, 0.5) is 18.0 Å². The maximum Gasteiger partial charge on any atom is 0.422 e. The number of halogens is 3. The molecular formula is C7H10F3NO4. The van der Waals surface area contributed by atoms with Crippen molar-refractivity contribution in [2.24, 2.45) is 0 Å². The summed E-state index contributed by atoms with van der Waals surface area (Å²) in [7, 11) is 0. The van der Waals surface area contributed by atoms with Crippen molar-refractivity contribution in [2.45, 2.75) is 18.4 Å². The third-order valence-electron chi connectivity index (χ3n) is 1.88. The molecule has 0 aromatic rings. The van der Waals surface area contributed by atoms with Crippen LogP contribution in [0.25, 0.3) is 0 Å². The first-order valence-electron chi connectivity index (χ1n) is 4.14. The minimum absolute atomic E-state index is 0.224. The van der Waals surface area contributed by atoms with Crippen LogP contribution in [0.5, 0.6) is 0 Å². The van der Waals surface area contributed by atoms with Crippen molar-refractivity contribution < 1.29 is 32.9 Å². The molecule has 0 spiro atoms. The van der Waals surface area contributed by atoms with E-state index in [9.17, 15) is 18.0 Å². The zero-order valence-corrected chi connectivity index (χ0v) is 7.57. The average Bonchev–Trinajstić information content (AvgIpc) is 2.42. The molecule has 0 radical (unpaired) electrons. The highest BCUT2D eigenvalue weighted by Gasteiger charge is 2.36. The van der Waals surface area contributed by atoms with Gasteiger partial charge < -0.3 is 19.8 Å². The Kier molecular flexibility index (Phi) is 3.40. The highest BCUT2D eigenvalue weighted by molar-refractivity contribution is 5.68. The van der Waals surface area contributed by atoms with Gasteiger partial charge in [0.1, 0.15) is 0 Å². The van der Waals surface area contributed by atoms with E-state index in [0.29, 0.717) is 0 Å². The summed E-state index contributed by atoms with van der Waals surface area (Å²) >= 11 is 0. The van der Waals surface area contributed by atoms with Gasteiger partial charge in [0.25, 0.3) is 0 Å². The second-order valence-corrected chi connectivity index (χ2v) is 3.21. The molecule has 2 unspecified atom stereocenters. The highest BCUT2D eigenvalue weighted by Crippen LogP contribution is 2.16. The minimum Gasteiger partial charge on any atom is -0.440 e. The smallest absolute Gasteiger partial charge is 0.422 e. The third kappa shape index (κ3) is 3.56. The standard InChI is InChI=1S/C7H10F3NO4/c8-7(9,10)3-15-6(14)11-1-4(12)5(13)2-11/h4-5,12-13H,1-3H2. The Morgan fingerprint density at radius 1 is 1.33 bits per heavy atom. The molecule has 1 amide bonds. The zero-order valence-electron chi connectivity index (χ0n) is 7.57. The van der Waals surface area contributed by atoms with Crippen molar-refractivity contribution in [1.29, 1.82) is 0 Å². The van der Waals surface area contributed by atoms with Crippen molar-refractivity contribution >= 4 is 6.09 Å². The molecule has 1 fully saturated rings. The van der Waals surface area contributed by atoms with Gasteiger partial charge in [-0.2, -0.15) is 13.2 Å². The SMILES string of the molecule is O=C(OCC(F)(F)F)N1CC(O)C(O)C1. The van der Waals surface area contributed by atoms with Crippen LogP contribution in [0.2, 0.25) is 0 Å². The molecule has 1 aliphatic rings. The van der Waals surface area contributed by atoms with Crippen molar-refractivity contribution in [3.05, 3.63) is 0 Å². The summed E-state index contributed by atoms with van der Waals surface area (Å²) in [5.41, 5.74) is 0. The Hall–Kier alpha value is -1.02. The monoisotopic (exact) mass is 229 g/mol. The first-order chi connectivity index (χ1) is 6.79. The van der Waals surface area contributed by atoms with Crippen LogP contribution in [-0.2, 0) is 4.74 Å². The Balaban J connectivity index is 2.36. The summed E-state index contributed by atoms with van der Waals surface area (Å²) in [5, 5.41) is 18.0. The summed E-state index contributed by atoms with van der Waals surface area (Å²) < 4.78 is 38.9.